The van der Waals surface area contributed by atoms with Gasteiger partial charge in [0.05, 0.1) is 25.0 Å². The third-order valence-electron chi connectivity index (χ3n) is 5.18. The van der Waals surface area contributed by atoms with E-state index in [0.29, 0.717) is 11.3 Å². The first kappa shape index (κ1) is 21.4. The monoisotopic (exact) mass is 440 g/mol. The van der Waals surface area contributed by atoms with E-state index in [1.165, 1.54) is 46.4 Å². The number of aromatic nitrogens is 5. The zero-order valence-corrected chi connectivity index (χ0v) is 17.0. The van der Waals surface area contributed by atoms with E-state index in [0.717, 1.165) is 12.1 Å². The first-order valence-electron chi connectivity index (χ1n) is 9.69. The van der Waals surface area contributed by atoms with Crippen molar-refractivity contribution >= 4 is 11.9 Å². The Bertz CT molecular complexity index is 1220. The van der Waals surface area contributed by atoms with E-state index in [1.807, 2.05) is 0 Å². The topological polar surface area (TPSA) is 81.1 Å². The zero-order chi connectivity index (χ0) is 22.7. The van der Waals surface area contributed by atoms with Crippen LogP contribution in [0.5, 0.6) is 0 Å². The number of aliphatic hydroxyl groups is 1. The SMILES string of the molecule is C[C@@H](n1cc(N=Cc2ccc(F)cc2)cn1)[C@](O)(Cn1cncn1)c1ccc(F)cc1F. The minimum absolute atomic E-state index is 0.103. The molecule has 1 N–H and O–H groups in total. The predicted molar refractivity (Wildman–Crippen MR) is 111 cm³/mol. The van der Waals surface area contributed by atoms with E-state index in [-0.39, 0.29) is 17.9 Å². The molecular formula is C22H19F3N6O. The summed E-state index contributed by atoms with van der Waals surface area (Å²) >= 11 is 0. The summed E-state index contributed by atoms with van der Waals surface area (Å²) < 4.78 is 44.0. The van der Waals surface area contributed by atoms with Gasteiger partial charge >= 0.3 is 0 Å². The molecule has 10 heteroatoms. The smallest absolute Gasteiger partial charge is 0.137 e. The van der Waals surface area contributed by atoms with Gasteiger partial charge in [0.2, 0.25) is 0 Å². The lowest BCUT2D eigenvalue weighted by Gasteiger charge is -2.34. The van der Waals surface area contributed by atoms with Crippen LogP contribution in [0.4, 0.5) is 18.9 Å². The van der Waals surface area contributed by atoms with Crippen molar-refractivity contribution in [3.63, 3.8) is 0 Å². The van der Waals surface area contributed by atoms with Crippen LogP contribution in [0.2, 0.25) is 0 Å². The van der Waals surface area contributed by atoms with Crippen LogP contribution in [0, 0.1) is 17.5 Å². The highest BCUT2D eigenvalue weighted by Gasteiger charge is 2.40. The molecule has 0 radical (unpaired) electrons. The Morgan fingerprint density at radius 2 is 1.84 bits per heavy atom. The van der Waals surface area contributed by atoms with Gasteiger partial charge in [0.15, 0.2) is 0 Å². The van der Waals surface area contributed by atoms with Gasteiger partial charge in [-0.15, -0.1) is 0 Å². The minimum Gasteiger partial charge on any atom is -0.381 e. The lowest BCUT2D eigenvalue weighted by atomic mass is 9.86. The van der Waals surface area contributed by atoms with Crippen LogP contribution in [0.1, 0.15) is 24.1 Å². The molecule has 0 saturated heterocycles. The molecule has 0 aliphatic rings. The van der Waals surface area contributed by atoms with Crippen LogP contribution in [0.15, 0.2) is 72.5 Å². The van der Waals surface area contributed by atoms with E-state index < -0.39 is 23.3 Å². The highest BCUT2D eigenvalue weighted by molar-refractivity contribution is 5.81. The molecule has 0 aliphatic carbocycles. The molecule has 0 unspecified atom stereocenters. The van der Waals surface area contributed by atoms with Gasteiger partial charge in [-0.05, 0) is 30.7 Å². The Hall–Kier alpha value is -3.79. The molecule has 0 aliphatic heterocycles. The van der Waals surface area contributed by atoms with Crippen LogP contribution in [-0.2, 0) is 12.1 Å². The Labute approximate surface area is 181 Å². The number of benzene rings is 2. The molecule has 0 bridgehead atoms. The third kappa shape index (κ3) is 4.45. The van der Waals surface area contributed by atoms with E-state index in [4.69, 9.17) is 0 Å². The number of nitrogens with zero attached hydrogens (tertiary/aromatic N) is 6. The second-order valence-electron chi connectivity index (χ2n) is 7.31. The van der Waals surface area contributed by atoms with Crippen LogP contribution < -0.4 is 0 Å². The highest BCUT2D eigenvalue weighted by Crippen LogP contribution is 2.36. The van der Waals surface area contributed by atoms with Gasteiger partial charge < -0.3 is 5.11 Å². The van der Waals surface area contributed by atoms with Crippen LogP contribution >= 0.6 is 0 Å². The van der Waals surface area contributed by atoms with Crippen LogP contribution in [-0.4, -0.2) is 35.9 Å². The maximum absolute atomic E-state index is 14.7. The molecule has 4 rings (SSSR count). The molecule has 0 amide bonds. The van der Waals surface area contributed by atoms with Crippen molar-refractivity contribution < 1.29 is 18.3 Å². The van der Waals surface area contributed by atoms with Crippen LogP contribution in [0.25, 0.3) is 0 Å². The van der Waals surface area contributed by atoms with E-state index in [2.05, 4.69) is 20.2 Å². The number of hydrogen-bond donors (Lipinski definition) is 1. The molecular weight excluding hydrogens is 421 g/mol. The molecule has 0 saturated carbocycles. The largest absolute Gasteiger partial charge is 0.381 e. The maximum Gasteiger partial charge on any atom is 0.137 e. The molecule has 2 aromatic heterocycles. The first-order chi connectivity index (χ1) is 15.3. The predicted octanol–water partition coefficient (Wildman–Crippen LogP) is 3.79. The second kappa shape index (κ2) is 8.75. The fourth-order valence-corrected chi connectivity index (χ4v) is 3.37. The van der Waals surface area contributed by atoms with Gasteiger partial charge in [-0.25, -0.2) is 22.8 Å². The fraction of sp³-hybridized carbons (Fsp3) is 0.182. The van der Waals surface area contributed by atoms with E-state index >= 15 is 0 Å². The van der Waals surface area contributed by atoms with Gasteiger partial charge in [0.25, 0.3) is 0 Å². The van der Waals surface area contributed by atoms with Crippen molar-refractivity contribution in [1.82, 2.24) is 24.5 Å². The number of aliphatic imine (C=N–C) groups is 1. The summed E-state index contributed by atoms with van der Waals surface area (Å²) in [5.74, 6) is -1.98. The number of hydrogen-bond acceptors (Lipinski definition) is 5. The minimum atomic E-state index is -1.84. The normalized spacial score (nSPS) is 14.5. The fourth-order valence-electron chi connectivity index (χ4n) is 3.37. The quantitative estimate of drug-likeness (QED) is 0.444. The third-order valence-corrected chi connectivity index (χ3v) is 5.18. The molecule has 32 heavy (non-hydrogen) atoms. The number of rotatable bonds is 7. The Kier molecular flexibility index (Phi) is 5.87. The van der Waals surface area contributed by atoms with Gasteiger partial charge in [-0.3, -0.25) is 9.67 Å². The summed E-state index contributed by atoms with van der Waals surface area (Å²) in [6.45, 7) is 1.50. The molecule has 2 atom stereocenters. The molecule has 164 valence electrons. The van der Waals surface area contributed by atoms with Gasteiger partial charge in [0.1, 0.15) is 41.4 Å². The van der Waals surface area contributed by atoms with Crippen molar-refractivity contribution in [2.75, 3.05) is 0 Å². The van der Waals surface area contributed by atoms with Crippen molar-refractivity contribution in [1.29, 1.82) is 0 Å². The zero-order valence-electron chi connectivity index (χ0n) is 17.0. The summed E-state index contributed by atoms with van der Waals surface area (Å²) in [7, 11) is 0. The molecule has 2 heterocycles. The Morgan fingerprint density at radius 1 is 1.09 bits per heavy atom. The highest BCUT2D eigenvalue weighted by atomic mass is 19.1. The number of halogens is 3. The van der Waals surface area contributed by atoms with Gasteiger partial charge in [-0.2, -0.15) is 10.2 Å². The molecule has 2 aromatic carbocycles. The second-order valence-corrected chi connectivity index (χ2v) is 7.31. The molecule has 0 spiro atoms. The molecule has 0 fully saturated rings. The summed E-state index contributed by atoms with van der Waals surface area (Å²) in [6, 6.07) is 8.04. The first-order valence-corrected chi connectivity index (χ1v) is 9.69. The van der Waals surface area contributed by atoms with E-state index in [9.17, 15) is 18.3 Å². The Balaban J connectivity index is 1.65. The Morgan fingerprint density at radius 3 is 2.53 bits per heavy atom. The summed E-state index contributed by atoms with van der Waals surface area (Å²) in [6.07, 6.45) is 7.29. The van der Waals surface area contributed by atoms with Crippen molar-refractivity contribution in [2.24, 2.45) is 4.99 Å². The molecule has 4 aromatic rings. The van der Waals surface area contributed by atoms with Gasteiger partial charge in [-0.1, -0.05) is 18.2 Å². The summed E-state index contributed by atoms with van der Waals surface area (Å²) in [5, 5.41) is 19.9. The maximum atomic E-state index is 14.7. The summed E-state index contributed by atoms with van der Waals surface area (Å²) in [5.41, 5.74) is -0.768. The summed E-state index contributed by atoms with van der Waals surface area (Å²) in [4.78, 5) is 8.16. The average Bonchev–Trinajstić information content (AvgIpc) is 3.44. The average molecular weight is 440 g/mol. The van der Waals surface area contributed by atoms with Crippen molar-refractivity contribution in [2.45, 2.75) is 25.1 Å². The van der Waals surface area contributed by atoms with Crippen molar-refractivity contribution in [3.05, 3.63) is 96.1 Å². The lowest BCUT2D eigenvalue weighted by Crippen LogP contribution is -2.40. The standard InChI is InChI=1S/C22H19F3N6O/c1-15(31-11-19(10-28-31)27-9-16-2-4-17(23)5-3-16)22(32,12-30-14-26-13-29-30)20-7-6-18(24)8-21(20)25/h2-11,13-15,32H,12H2,1H3/t15-,22-/m1/s1. The lowest BCUT2D eigenvalue weighted by molar-refractivity contribution is -0.0368. The van der Waals surface area contributed by atoms with Crippen LogP contribution in [0.3, 0.4) is 0 Å². The van der Waals surface area contributed by atoms with E-state index in [1.54, 1.807) is 31.5 Å². The van der Waals surface area contributed by atoms with Gasteiger partial charge in [0, 0.05) is 17.8 Å². The van der Waals surface area contributed by atoms with Crippen molar-refractivity contribution in [3.8, 4) is 0 Å². The molecule has 7 nitrogen and oxygen atoms in total.